The maximum Gasteiger partial charge on any atom is 0.306 e. The number of rotatable bonds is 50. The van der Waals surface area contributed by atoms with Crippen molar-refractivity contribution < 1.29 is 28.6 Å². The molecule has 0 saturated heterocycles. The fraction of sp³-hybridized carbons (Fsp3) is 0.721. The van der Waals surface area contributed by atoms with Crippen molar-refractivity contribution >= 4 is 17.9 Å². The lowest BCUT2D eigenvalue weighted by Crippen LogP contribution is -2.30. The molecule has 6 nitrogen and oxygen atoms in total. The van der Waals surface area contributed by atoms with Gasteiger partial charge in [-0.3, -0.25) is 14.4 Å². The minimum atomic E-state index is -0.811. The predicted molar refractivity (Wildman–Crippen MR) is 288 cm³/mol. The van der Waals surface area contributed by atoms with E-state index in [0.717, 1.165) is 89.9 Å². The summed E-state index contributed by atoms with van der Waals surface area (Å²) in [6.45, 7) is 6.47. The molecule has 0 aliphatic rings. The van der Waals surface area contributed by atoms with Crippen molar-refractivity contribution in [3.63, 3.8) is 0 Å². The monoisotopic (exact) mass is 933 g/mol. The molecule has 0 bridgehead atoms. The standard InChI is InChI=1S/C61H104O6/c1-4-7-10-13-16-19-22-25-28-30-32-33-36-39-42-45-48-51-54-60(63)66-57-58(56-65-59(62)53-50-47-44-41-38-35-27-24-21-18-15-12-9-6-3)67-61(64)55-52-49-46-43-40-37-34-31-29-26-23-20-17-14-11-8-5-2/h8,11,17,20,24,26-30,34,37,43,46,58H,4-7,9-10,12-16,18-19,21-23,25,31-33,35-36,38-42,44-45,47-57H2,1-3H3/b11-8-,20-17-,27-24-,29-26-,30-28-,37-34-,46-43-. The van der Waals surface area contributed by atoms with Gasteiger partial charge in [0.15, 0.2) is 6.10 Å². The summed E-state index contributed by atoms with van der Waals surface area (Å²) in [5.74, 6) is -0.972. The van der Waals surface area contributed by atoms with E-state index in [1.165, 1.54) is 128 Å². The van der Waals surface area contributed by atoms with Crippen LogP contribution >= 0.6 is 0 Å². The van der Waals surface area contributed by atoms with Crippen LogP contribution in [0.1, 0.15) is 265 Å². The summed E-state index contributed by atoms with van der Waals surface area (Å²) in [4.78, 5) is 38.1. The van der Waals surface area contributed by atoms with Gasteiger partial charge in [-0.15, -0.1) is 0 Å². The molecule has 0 spiro atoms. The largest absolute Gasteiger partial charge is 0.462 e. The zero-order chi connectivity index (χ0) is 48.6. The molecule has 6 heteroatoms. The van der Waals surface area contributed by atoms with Crippen LogP contribution in [-0.2, 0) is 28.6 Å². The molecule has 67 heavy (non-hydrogen) atoms. The maximum absolute atomic E-state index is 12.8. The maximum atomic E-state index is 12.8. The average molecular weight is 933 g/mol. The number of allylic oxidation sites excluding steroid dienone is 14. The minimum Gasteiger partial charge on any atom is -0.462 e. The van der Waals surface area contributed by atoms with Gasteiger partial charge >= 0.3 is 17.9 Å². The van der Waals surface area contributed by atoms with E-state index in [0.29, 0.717) is 19.3 Å². The molecule has 0 rings (SSSR count). The molecule has 0 aromatic carbocycles. The average Bonchev–Trinajstić information content (AvgIpc) is 3.33. The van der Waals surface area contributed by atoms with E-state index in [9.17, 15) is 14.4 Å². The quantitative estimate of drug-likeness (QED) is 0.0262. The molecule has 0 aromatic heterocycles. The van der Waals surface area contributed by atoms with Crippen LogP contribution in [-0.4, -0.2) is 37.2 Å². The summed E-state index contributed by atoms with van der Waals surface area (Å²) < 4.78 is 16.8. The van der Waals surface area contributed by atoms with Crippen LogP contribution in [0.4, 0.5) is 0 Å². The van der Waals surface area contributed by atoms with Crippen molar-refractivity contribution in [2.45, 2.75) is 271 Å². The van der Waals surface area contributed by atoms with Crippen molar-refractivity contribution in [2.24, 2.45) is 0 Å². The van der Waals surface area contributed by atoms with E-state index in [-0.39, 0.29) is 37.5 Å². The molecule has 1 unspecified atom stereocenters. The van der Waals surface area contributed by atoms with Gasteiger partial charge in [0.1, 0.15) is 13.2 Å². The van der Waals surface area contributed by atoms with Gasteiger partial charge in [0.2, 0.25) is 0 Å². The first-order chi connectivity index (χ1) is 33.0. The minimum absolute atomic E-state index is 0.104. The third kappa shape index (κ3) is 53.4. The number of carbonyl (C=O) groups is 3. The summed E-state index contributed by atoms with van der Waals surface area (Å²) in [6.07, 6.45) is 71.5. The first-order valence-corrected chi connectivity index (χ1v) is 28.1. The molecule has 0 radical (unpaired) electrons. The molecule has 1 atom stereocenters. The Labute approximate surface area is 414 Å². The zero-order valence-electron chi connectivity index (χ0n) is 43.9. The highest BCUT2D eigenvalue weighted by Gasteiger charge is 2.19. The Bertz CT molecular complexity index is 1300. The Morgan fingerprint density at radius 2 is 0.597 bits per heavy atom. The molecule has 0 fully saturated rings. The molecule has 0 N–H and O–H groups in total. The lowest BCUT2D eigenvalue weighted by Gasteiger charge is -2.18. The van der Waals surface area contributed by atoms with E-state index in [2.05, 4.69) is 106 Å². The predicted octanol–water partition coefficient (Wildman–Crippen LogP) is 18.8. The third-order valence-electron chi connectivity index (χ3n) is 11.9. The van der Waals surface area contributed by atoms with Gasteiger partial charge in [0.05, 0.1) is 0 Å². The molecule has 384 valence electrons. The summed E-state index contributed by atoms with van der Waals surface area (Å²) in [5, 5.41) is 0. The van der Waals surface area contributed by atoms with Crippen molar-refractivity contribution in [1.29, 1.82) is 0 Å². The van der Waals surface area contributed by atoms with E-state index in [4.69, 9.17) is 14.2 Å². The smallest absolute Gasteiger partial charge is 0.306 e. The van der Waals surface area contributed by atoms with E-state index >= 15 is 0 Å². The molecule has 0 aliphatic carbocycles. The number of hydrogen-bond acceptors (Lipinski definition) is 6. The molecule has 0 aromatic rings. The molecule has 0 amide bonds. The van der Waals surface area contributed by atoms with Crippen LogP contribution in [0.15, 0.2) is 85.1 Å². The first kappa shape index (κ1) is 63.6. The Morgan fingerprint density at radius 3 is 0.970 bits per heavy atom. The highest BCUT2D eigenvalue weighted by atomic mass is 16.6. The van der Waals surface area contributed by atoms with Gasteiger partial charge in [-0.1, -0.05) is 221 Å². The van der Waals surface area contributed by atoms with Gasteiger partial charge < -0.3 is 14.2 Å². The Balaban J connectivity index is 4.48. The van der Waals surface area contributed by atoms with Crippen LogP contribution in [0.3, 0.4) is 0 Å². The number of ether oxygens (including phenoxy) is 3. The number of hydrogen-bond donors (Lipinski definition) is 0. The van der Waals surface area contributed by atoms with Crippen LogP contribution in [0.25, 0.3) is 0 Å². The Hall–Kier alpha value is -3.41. The van der Waals surface area contributed by atoms with Crippen molar-refractivity contribution in [3.05, 3.63) is 85.1 Å². The van der Waals surface area contributed by atoms with Crippen LogP contribution in [0, 0.1) is 0 Å². The number of unbranched alkanes of at least 4 members (excludes halogenated alkanes) is 25. The van der Waals surface area contributed by atoms with Crippen molar-refractivity contribution in [2.75, 3.05) is 13.2 Å². The van der Waals surface area contributed by atoms with Gasteiger partial charge in [-0.05, 0) is 109 Å². The van der Waals surface area contributed by atoms with Crippen LogP contribution in [0.5, 0.6) is 0 Å². The second-order valence-corrected chi connectivity index (χ2v) is 18.5. The Kier molecular flexibility index (Phi) is 52.4. The number of carbonyl (C=O) groups excluding carboxylic acids is 3. The third-order valence-corrected chi connectivity index (χ3v) is 11.9. The Morgan fingerprint density at radius 1 is 0.313 bits per heavy atom. The van der Waals surface area contributed by atoms with Crippen molar-refractivity contribution in [1.82, 2.24) is 0 Å². The molecular weight excluding hydrogens is 829 g/mol. The summed E-state index contributed by atoms with van der Waals surface area (Å²) in [7, 11) is 0. The number of esters is 3. The molecule has 0 heterocycles. The van der Waals surface area contributed by atoms with Crippen LogP contribution < -0.4 is 0 Å². The molecule has 0 aliphatic heterocycles. The highest BCUT2D eigenvalue weighted by Crippen LogP contribution is 2.14. The van der Waals surface area contributed by atoms with E-state index < -0.39 is 6.10 Å². The topological polar surface area (TPSA) is 78.9 Å². The second kappa shape index (κ2) is 55.2. The van der Waals surface area contributed by atoms with Gasteiger partial charge in [0, 0.05) is 19.3 Å². The van der Waals surface area contributed by atoms with Gasteiger partial charge in [-0.2, -0.15) is 0 Å². The second-order valence-electron chi connectivity index (χ2n) is 18.5. The lowest BCUT2D eigenvalue weighted by atomic mass is 10.1. The molecular formula is C61H104O6. The van der Waals surface area contributed by atoms with E-state index in [1.54, 1.807) is 0 Å². The highest BCUT2D eigenvalue weighted by molar-refractivity contribution is 5.71. The summed E-state index contributed by atoms with van der Waals surface area (Å²) in [6, 6.07) is 0. The van der Waals surface area contributed by atoms with Crippen molar-refractivity contribution in [3.8, 4) is 0 Å². The first-order valence-electron chi connectivity index (χ1n) is 28.1. The van der Waals surface area contributed by atoms with Gasteiger partial charge in [-0.25, -0.2) is 0 Å². The summed E-state index contributed by atoms with van der Waals surface area (Å²) in [5.41, 5.74) is 0. The van der Waals surface area contributed by atoms with Crippen LogP contribution in [0.2, 0.25) is 0 Å². The lowest BCUT2D eigenvalue weighted by molar-refractivity contribution is -0.167. The zero-order valence-corrected chi connectivity index (χ0v) is 43.9. The normalized spacial score (nSPS) is 12.7. The SMILES string of the molecule is CC/C=C\C/C=C\C/C=C\C/C=C\C/C=C\CCCC(=O)OC(COC(=O)CCCCCCC/C=C\CCCCCCC)COC(=O)CCCCCCCCC/C=C\CCCCCCCCC. The molecule has 0 saturated carbocycles. The fourth-order valence-corrected chi connectivity index (χ4v) is 7.64. The summed E-state index contributed by atoms with van der Waals surface area (Å²) >= 11 is 0. The fourth-order valence-electron chi connectivity index (χ4n) is 7.64. The van der Waals surface area contributed by atoms with Gasteiger partial charge in [0.25, 0.3) is 0 Å². The van der Waals surface area contributed by atoms with E-state index in [1.807, 2.05) is 0 Å².